The van der Waals surface area contributed by atoms with E-state index in [9.17, 15) is 4.79 Å². The Labute approximate surface area is 118 Å². The van der Waals surface area contributed by atoms with Gasteiger partial charge in [-0.1, -0.05) is 12.8 Å². The number of hydrogen-bond acceptors (Lipinski definition) is 4. The van der Waals surface area contributed by atoms with E-state index in [1.54, 1.807) is 0 Å². The third kappa shape index (κ3) is 3.94. The van der Waals surface area contributed by atoms with E-state index in [4.69, 9.17) is 11.6 Å². The summed E-state index contributed by atoms with van der Waals surface area (Å²) in [7, 11) is 1.33. The Kier molecular flexibility index (Phi) is 5.22. The van der Waals surface area contributed by atoms with Gasteiger partial charge in [-0.3, -0.25) is 9.48 Å². The normalized spacial score (nSPS) is 17.6. The van der Waals surface area contributed by atoms with Crippen molar-refractivity contribution in [3.8, 4) is 0 Å². The molecule has 1 saturated carbocycles. The van der Waals surface area contributed by atoms with Crippen LogP contribution in [0.1, 0.15) is 37.4 Å². The van der Waals surface area contributed by atoms with Gasteiger partial charge in [-0.15, -0.1) is 11.6 Å². The second kappa shape index (κ2) is 6.91. The van der Waals surface area contributed by atoms with Gasteiger partial charge in [-0.2, -0.15) is 5.10 Å². The number of nitrogens with zero attached hydrogens (tertiary/aromatic N) is 2. The van der Waals surface area contributed by atoms with Crippen LogP contribution in [0.2, 0.25) is 0 Å². The Morgan fingerprint density at radius 2 is 2.37 bits per heavy atom. The van der Waals surface area contributed by atoms with E-state index >= 15 is 0 Å². The number of alkyl halides is 1. The third-order valence-electron chi connectivity index (χ3n) is 3.45. The average molecular weight is 286 g/mol. The van der Waals surface area contributed by atoms with E-state index in [0.717, 1.165) is 5.69 Å². The summed E-state index contributed by atoms with van der Waals surface area (Å²) in [5.74, 6) is -0.411. The lowest BCUT2D eigenvalue weighted by Crippen LogP contribution is -2.29. The molecule has 0 aromatic carbocycles. The topological polar surface area (TPSA) is 56.1 Å². The first-order valence-corrected chi connectivity index (χ1v) is 7.11. The smallest absolute Gasteiger partial charge is 0.325 e. The van der Waals surface area contributed by atoms with Crippen LogP contribution in [0.4, 0.5) is 0 Å². The molecule has 19 heavy (non-hydrogen) atoms. The van der Waals surface area contributed by atoms with Crippen molar-refractivity contribution in [2.45, 2.75) is 43.6 Å². The van der Waals surface area contributed by atoms with Crippen LogP contribution in [-0.4, -0.2) is 34.8 Å². The number of aromatic nitrogens is 2. The van der Waals surface area contributed by atoms with Gasteiger partial charge in [0, 0.05) is 19.3 Å². The number of carbonyl (C=O) groups excluding carboxylic acids is 1. The van der Waals surface area contributed by atoms with E-state index in [1.807, 2.05) is 12.3 Å². The molecule has 0 aliphatic heterocycles. The van der Waals surface area contributed by atoms with E-state index in [2.05, 4.69) is 19.8 Å². The fourth-order valence-corrected chi connectivity index (χ4v) is 2.58. The highest BCUT2D eigenvalue weighted by molar-refractivity contribution is 6.30. The predicted molar refractivity (Wildman–Crippen MR) is 73.1 cm³/mol. The van der Waals surface area contributed by atoms with Crippen molar-refractivity contribution >= 4 is 17.6 Å². The summed E-state index contributed by atoms with van der Waals surface area (Å²) in [6.45, 7) is 0.991. The van der Waals surface area contributed by atoms with Crippen LogP contribution in [0.3, 0.4) is 0 Å². The molecule has 1 atom stereocenters. The van der Waals surface area contributed by atoms with Crippen LogP contribution in [0.15, 0.2) is 12.3 Å². The highest BCUT2D eigenvalue weighted by atomic mass is 35.5. The number of rotatable bonds is 6. The number of ether oxygens (including phenoxy) is 1. The first-order chi connectivity index (χ1) is 9.20. The number of nitrogens with one attached hydrogen (secondary N) is 1. The molecule has 1 aliphatic rings. The molecule has 1 fully saturated rings. The van der Waals surface area contributed by atoms with Crippen molar-refractivity contribution in [1.29, 1.82) is 0 Å². The number of halogens is 1. The van der Waals surface area contributed by atoms with Crippen molar-refractivity contribution in [3.63, 3.8) is 0 Å². The maximum Gasteiger partial charge on any atom is 0.325 e. The van der Waals surface area contributed by atoms with Gasteiger partial charge < -0.3 is 10.1 Å². The minimum Gasteiger partial charge on any atom is -0.468 e. The number of esters is 1. The van der Waals surface area contributed by atoms with Gasteiger partial charge in [0.2, 0.25) is 0 Å². The van der Waals surface area contributed by atoms with Crippen LogP contribution in [0.5, 0.6) is 0 Å². The molecule has 0 bridgehead atoms. The molecule has 1 heterocycles. The summed E-state index contributed by atoms with van der Waals surface area (Å²) in [4.78, 5) is 11.1. The summed E-state index contributed by atoms with van der Waals surface area (Å²) in [5, 5.41) is 7.01. The Balaban J connectivity index is 1.75. The Morgan fingerprint density at radius 1 is 1.63 bits per heavy atom. The number of carbonyl (C=O) groups is 1. The third-order valence-corrected chi connectivity index (χ3v) is 3.78. The van der Waals surface area contributed by atoms with Crippen LogP contribution in [0.25, 0.3) is 0 Å². The van der Waals surface area contributed by atoms with Gasteiger partial charge in [0.05, 0.1) is 18.8 Å². The number of methoxy groups -OCH3 is 1. The molecule has 2 rings (SSSR count). The zero-order chi connectivity index (χ0) is 13.7. The fourth-order valence-electron chi connectivity index (χ4n) is 2.38. The second-order valence-electron chi connectivity index (χ2n) is 4.85. The molecule has 1 aliphatic carbocycles. The second-order valence-corrected chi connectivity index (χ2v) is 5.37. The molecule has 0 saturated heterocycles. The van der Waals surface area contributed by atoms with Gasteiger partial charge >= 0.3 is 5.97 Å². The summed E-state index contributed by atoms with van der Waals surface area (Å²) >= 11 is 5.84. The summed E-state index contributed by atoms with van der Waals surface area (Å²) < 4.78 is 6.61. The highest BCUT2D eigenvalue weighted by Gasteiger charge is 2.18. The lowest BCUT2D eigenvalue weighted by molar-refractivity contribution is -0.140. The fraction of sp³-hybridized carbons (Fsp3) is 0.692. The predicted octanol–water partition coefficient (Wildman–Crippen LogP) is 1.87. The zero-order valence-corrected chi connectivity index (χ0v) is 11.9. The minimum absolute atomic E-state index is 0.379. The van der Waals surface area contributed by atoms with Crippen molar-refractivity contribution < 1.29 is 9.53 Å². The molecule has 5 nitrogen and oxygen atoms in total. The van der Waals surface area contributed by atoms with Gasteiger partial charge in [-0.05, 0) is 18.9 Å². The van der Waals surface area contributed by atoms with E-state index in [1.165, 1.54) is 32.8 Å². The molecule has 0 amide bonds. The first kappa shape index (κ1) is 14.3. The first-order valence-electron chi connectivity index (χ1n) is 6.67. The standard InChI is InChI=1S/C13H20ClN3O2/c1-19-13(18)12(14)9-15-8-10-6-7-17(16-10)11-4-2-3-5-11/h6-7,11-12,15H,2-5,8-9H2,1H3. The van der Waals surface area contributed by atoms with Gasteiger partial charge in [0.15, 0.2) is 0 Å². The maximum atomic E-state index is 11.1. The molecule has 0 spiro atoms. The SMILES string of the molecule is COC(=O)C(Cl)CNCc1ccn(C2CCCC2)n1. The van der Waals surface area contributed by atoms with Crippen molar-refractivity contribution in [2.24, 2.45) is 0 Å². The minimum atomic E-state index is -0.651. The summed E-state index contributed by atoms with van der Waals surface area (Å²) in [6, 6.07) is 2.57. The molecule has 1 N–H and O–H groups in total. The molecule has 106 valence electrons. The summed E-state index contributed by atoms with van der Waals surface area (Å²) in [6.07, 6.45) is 7.07. The van der Waals surface area contributed by atoms with Crippen LogP contribution in [0, 0.1) is 0 Å². The van der Waals surface area contributed by atoms with E-state index < -0.39 is 11.3 Å². The van der Waals surface area contributed by atoms with E-state index in [0.29, 0.717) is 19.1 Å². The van der Waals surface area contributed by atoms with Crippen molar-refractivity contribution in [2.75, 3.05) is 13.7 Å². The molecular weight excluding hydrogens is 266 g/mol. The Hall–Kier alpha value is -1.07. The maximum absolute atomic E-state index is 11.1. The lowest BCUT2D eigenvalue weighted by Gasteiger charge is -2.09. The van der Waals surface area contributed by atoms with Crippen LogP contribution < -0.4 is 5.32 Å². The quantitative estimate of drug-likeness (QED) is 0.640. The zero-order valence-electron chi connectivity index (χ0n) is 11.1. The van der Waals surface area contributed by atoms with Gasteiger partial charge in [-0.25, -0.2) is 0 Å². The Bertz CT molecular complexity index is 416. The molecule has 0 radical (unpaired) electrons. The molecule has 6 heteroatoms. The Morgan fingerprint density at radius 3 is 3.05 bits per heavy atom. The van der Waals surface area contributed by atoms with Gasteiger partial charge in [0.25, 0.3) is 0 Å². The molecule has 1 unspecified atom stereocenters. The average Bonchev–Trinajstić information content (AvgIpc) is 3.07. The monoisotopic (exact) mass is 285 g/mol. The van der Waals surface area contributed by atoms with Crippen LogP contribution in [-0.2, 0) is 16.1 Å². The highest BCUT2D eigenvalue weighted by Crippen LogP contribution is 2.28. The van der Waals surface area contributed by atoms with E-state index in [-0.39, 0.29) is 0 Å². The number of hydrogen-bond donors (Lipinski definition) is 1. The van der Waals surface area contributed by atoms with Crippen molar-refractivity contribution in [3.05, 3.63) is 18.0 Å². The van der Waals surface area contributed by atoms with Gasteiger partial charge in [0.1, 0.15) is 5.38 Å². The largest absolute Gasteiger partial charge is 0.468 e. The lowest BCUT2D eigenvalue weighted by atomic mass is 10.3. The molecular formula is C13H20ClN3O2. The van der Waals surface area contributed by atoms with Crippen LogP contribution >= 0.6 is 11.6 Å². The molecule has 1 aromatic heterocycles. The molecule has 1 aromatic rings. The van der Waals surface area contributed by atoms with Crippen molar-refractivity contribution in [1.82, 2.24) is 15.1 Å². The summed E-state index contributed by atoms with van der Waals surface area (Å²) in [5.41, 5.74) is 0.973.